The fourth-order valence-corrected chi connectivity index (χ4v) is 5.33. The van der Waals surface area contributed by atoms with E-state index >= 15 is 8.78 Å². The number of aryl methyl sites for hydroxylation is 1. The number of ether oxygens (including phenoxy) is 3. The fourth-order valence-electron chi connectivity index (χ4n) is 5.33. The number of alkyl halides is 2. The largest absolute Gasteiger partial charge is 0.497 e. The minimum absolute atomic E-state index is 0.0647. The summed E-state index contributed by atoms with van der Waals surface area (Å²) in [4.78, 5) is 56.4. The van der Waals surface area contributed by atoms with Crippen molar-refractivity contribution in [3.05, 3.63) is 87.3 Å². The molecule has 0 radical (unpaired) electrons. The van der Waals surface area contributed by atoms with E-state index < -0.39 is 71.6 Å². The third-order valence-corrected chi connectivity index (χ3v) is 7.55. The number of amides is 3. The lowest BCUT2D eigenvalue weighted by atomic mass is 9.92. The molecule has 0 spiro atoms. The van der Waals surface area contributed by atoms with Gasteiger partial charge in [0.15, 0.2) is 0 Å². The molecule has 3 atom stereocenters. The zero-order valence-corrected chi connectivity index (χ0v) is 25.6. The van der Waals surface area contributed by atoms with Gasteiger partial charge in [-0.3, -0.25) is 23.7 Å². The van der Waals surface area contributed by atoms with Gasteiger partial charge in [0.1, 0.15) is 40.9 Å². The quantitative estimate of drug-likeness (QED) is 0.317. The van der Waals surface area contributed by atoms with Crippen molar-refractivity contribution in [3.63, 3.8) is 0 Å². The van der Waals surface area contributed by atoms with Gasteiger partial charge in [0.25, 0.3) is 11.5 Å². The average Bonchev–Trinajstić information content (AvgIpc) is 3.30. The number of methoxy groups -OCH3 is 2. The lowest BCUT2D eigenvalue weighted by molar-refractivity contribution is -0.133. The van der Waals surface area contributed by atoms with E-state index in [2.05, 4.69) is 10.1 Å². The molecule has 46 heavy (non-hydrogen) atoms. The van der Waals surface area contributed by atoms with Crippen LogP contribution in [0.3, 0.4) is 0 Å². The Hall–Kier alpha value is -4.92. The lowest BCUT2D eigenvalue weighted by Gasteiger charge is -2.25. The molecular formula is C31H32F4N4O7. The van der Waals surface area contributed by atoms with Gasteiger partial charge in [0.2, 0.25) is 11.8 Å². The Balaban J connectivity index is 1.80. The normalized spacial score (nSPS) is 16.8. The van der Waals surface area contributed by atoms with E-state index in [4.69, 9.17) is 9.47 Å². The van der Waals surface area contributed by atoms with E-state index in [1.54, 1.807) is 6.92 Å². The molecule has 0 saturated carbocycles. The molecule has 2 aromatic carbocycles. The van der Waals surface area contributed by atoms with Gasteiger partial charge in [0, 0.05) is 63.1 Å². The van der Waals surface area contributed by atoms with Crippen LogP contribution < -0.4 is 25.2 Å². The van der Waals surface area contributed by atoms with Gasteiger partial charge in [-0.15, -0.1) is 0 Å². The van der Waals surface area contributed by atoms with Gasteiger partial charge in [-0.2, -0.15) is 8.78 Å². The summed E-state index contributed by atoms with van der Waals surface area (Å²) in [7, 11) is 5.58. The van der Waals surface area contributed by atoms with E-state index in [0.717, 1.165) is 33.7 Å². The number of hydrogen-bond donors (Lipinski definition) is 1. The topological polar surface area (TPSA) is 119 Å². The number of pyridine rings is 1. The number of benzene rings is 2. The summed E-state index contributed by atoms with van der Waals surface area (Å²) < 4.78 is 71.5. The molecule has 3 aromatic rings. The molecule has 4 rings (SSSR count). The van der Waals surface area contributed by atoms with Crippen molar-refractivity contribution in [3.8, 4) is 11.5 Å². The second kappa shape index (κ2) is 14.0. The highest BCUT2D eigenvalue weighted by atomic mass is 19.3. The van der Waals surface area contributed by atoms with Crippen molar-refractivity contribution >= 4 is 23.4 Å². The molecule has 3 amide bonds. The van der Waals surface area contributed by atoms with Crippen LogP contribution in [0, 0.1) is 18.6 Å². The summed E-state index contributed by atoms with van der Waals surface area (Å²) in [6.45, 7) is -2.14. The van der Waals surface area contributed by atoms with Crippen LogP contribution in [0.2, 0.25) is 0 Å². The highest BCUT2D eigenvalue weighted by molar-refractivity contribution is 6.05. The number of aromatic nitrogens is 1. The number of nitrogens with one attached hydrogen (secondary N) is 1. The molecule has 246 valence electrons. The maximum absolute atomic E-state index is 15.4. The van der Waals surface area contributed by atoms with Gasteiger partial charge >= 0.3 is 6.61 Å². The van der Waals surface area contributed by atoms with Gasteiger partial charge in [-0.05, 0) is 42.8 Å². The number of rotatable bonds is 11. The zero-order chi connectivity index (χ0) is 33.9. The van der Waals surface area contributed by atoms with Crippen LogP contribution in [-0.4, -0.2) is 81.3 Å². The molecular weight excluding hydrogens is 616 g/mol. The van der Waals surface area contributed by atoms with Crippen LogP contribution in [0.5, 0.6) is 11.5 Å². The first-order valence-corrected chi connectivity index (χ1v) is 13.9. The molecule has 1 aliphatic rings. The first-order valence-electron chi connectivity index (χ1n) is 13.9. The van der Waals surface area contributed by atoms with Gasteiger partial charge in [-0.25, -0.2) is 8.78 Å². The number of halogens is 4. The standard InChI is InChI=1S/C31H32F4N4O7/c1-16-10-11-38(23(15-44-4)28(41)37(2)3)30(43)26(16)39-14-20(24-21(32)12-19(45-5)13-22(24)33)25(29(39)42)36-27(40)17-6-8-18(9-7-17)46-31(34)35/h6-13,20,23,25,31H,14-15H2,1-5H3,(H,36,40)/t20-,23?,25?/m0/s1. The summed E-state index contributed by atoms with van der Waals surface area (Å²) in [5, 5.41) is 2.49. The fraction of sp³-hybridized carbons (Fsp3) is 0.355. The van der Waals surface area contributed by atoms with Gasteiger partial charge in [0.05, 0.1) is 13.7 Å². The Morgan fingerprint density at radius 1 is 1.02 bits per heavy atom. The Morgan fingerprint density at radius 3 is 2.20 bits per heavy atom. The molecule has 11 nitrogen and oxygen atoms in total. The first-order chi connectivity index (χ1) is 21.8. The third-order valence-electron chi connectivity index (χ3n) is 7.55. The van der Waals surface area contributed by atoms with Crippen LogP contribution >= 0.6 is 0 Å². The van der Waals surface area contributed by atoms with Gasteiger partial charge < -0.3 is 29.3 Å². The van der Waals surface area contributed by atoms with Crippen molar-refractivity contribution < 1.29 is 46.2 Å². The Kier molecular flexibility index (Phi) is 10.4. The summed E-state index contributed by atoms with van der Waals surface area (Å²) in [5.41, 5.74) is -1.19. The van der Waals surface area contributed by atoms with Crippen molar-refractivity contribution in [2.24, 2.45) is 0 Å². The predicted octanol–water partition coefficient (Wildman–Crippen LogP) is 3.25. The van der Waals surface area contributed by atoms with Crippen molar-refractivity contribution in [2.45, 2.75) is 31.5 Å². The van der Waals surface area contributed by atoms with E-state index in [9.17, 15) is 28.0 Å². The van der Waals surface area contributed by atoms with Crippen LogP contribution in [0.15, 0.2) is 53.5 Å². The maximum atomic E-state index is 15.4. The van der Waals surface area contributed by atoms with Crippen molar-refractivity contribution in [2.75, 3.05) is 46.4 Å². The molecule has 1 aromatic heterocycles. The molecule has 1 aliphatic heterocycles. The molecule has 15 heteroatoms. The molecule has 1 N–H and O–H groups in total. The summed E-state index contributed by atoms with van der Waals surface area (Å²) in [5.74, 6) is -5.95. The third kappa shape index (κ3) is 6.83. The minimum atomic E-state index is -3.09. The Bertz CT molecular complexity index is 1660. The molecule has 1 fully saturated rings. The second-order valence-electron chi connectivity index (χ2n) is 10.7. The Morgan fingerprint density at radius 2 is 1.65 bits per heavy atom. The average molecular weight is 649 g/mol. The highest BCUT2D eigenvalue weighted by Crippen LogP contribution is 2.37. The SMILES string of the molecule is COCC(C(=O)N(C)C)n1ccc(C)c(N2C[C@@H](c3c(F)cc(OC)cc3F)C(NC(=O)c3ccc(OC(F)F)cc3)C2=O)c1=O. The molecule has 2 unspecified atom stereocenters. The minimum Gasteiger partial charge on any atom is -0.497 e. The second-order valence-corrected chi connectivity index (χ2v) is 10.7. The van der Waals surface area contributed by atoms with Crippen LogP contribution in [0.1, 0.15) is 33.4 Å². The maximum Gasteiger partial charge on any atom is 0.387 e. The smallest absolute Gasteiger partial charge is 0.387 e. The summed E-state index contributed by atoms with van der Waals surface area (Å²) in [6, 6.07) is 5.27. The first kappa shape index (κ1) is 34.0. The van der Waals surface area contributed by atoms with E-state index in [1.165, 1.54) is 57.6 Å². The molecule has 2 heterocycles. The van der Waals surface area contributed by atoms with Gasteiger partial charge in [-0.1, -0.05) is 0 Å². The highest BCUT2D eigenvalue weighted by Gasteiger charge is 2.46. The van der Waals surface area contributed by atoms with E-state index in [-0.39, 0.29) is 29.4 Å². The van der Waals surface area contributed by atoms with E-state index in [0.29, 0.717) is 5.56 Å². The number of nitrogens with zero attached hydrogens (tertiary/aromatic N) is 3. The number of carbonyl (C=O) groups excluding carboxylic acids is 3. The molecule has 1 saturated heterocycles. The predicted molar refractivity (Wildman–Crippen MR) is 157 cm³/mol. The lowest BCUT2D eigenvalue weighted by Crippen LogP contribution is -2.45. The van der Waals surface area contributed by atoms with Crippen LogP contribution in [-0.2, 0) is 14.3 Å². The van der Waals surface area contributed by atoms with Crippen molar-refractivity contribution in [1.82, 2.24) is 14.8 Å². The number of hydrogen-bond acceptors (Lipinski definition) is 7. The monoisotopic (exact) mass is 648 g/mol. The van der Waals surface area contributed by atoms with Crippen molar-refractivity contribution in [1.29, 1.82) is 0 Å². The zero-order valence-electron chi connectivity index (χ0n) is 25.6. The Labute approximate surface area is 261 Å². The number of likely N-dealkylation sites (N-methyl/N-ethyl adjacent to an activating group) is 1. The number of carbonyl (C=O) groups is 3. The summed E-state index contributed by atoms with van der Waals surface area (Å²) >= 11 is 0. The van der Waals surface area contributed by atoms with Crippen LogP contribution in [0.25, 0.3) is 0 Å². The summed E-state index contributed by atoms with van der Waals surface area (Å²) in [6.07, 6.45) is 1.38. The number of anilines is 1. The molecule has 0 bridgehead atoms. The van der Waals surface area contributed by atoms with E-state index in [1.807, 2.05) is 0 Å². The van der Waals surface area contributed by atoms with Crippen LogP contribution in [0.4, 0.5) is 23.2 Å². The molecule has 0 aliphatic carbocycles.